The molecule has 2 aromatic heterocycles. The zero-order valence-corrected chi connectivity index (χ0v) is 13.9. The number of rotatable bonds is 2. The second kappa shape index (κ2) is 5.72. The molecule has 2 atom stereocenters. The van der Waals surface area contributed by atoms with Crippen LogP contribution in [0.4, 0.5) is 13.2 Å². The number of aryl methyl sites for hydroxylation is 2. The number of fused-ring (bicyclic) bond motifs is 1. The molecular formula is C15H19F3N4O3. The van der Waals surface area contributed by atoms with E-state index in [0.717, 1.165) is 4.57 Å². The third-order valence-corrected chi connectivity index (χ3v) is 5.00. The molecule has 1 aliphatic carbocycles. The van der Waals surface area contributed by atoms with E-state index >= 15 is 0 Å². The highest BCUT2D eigenvalue weighted by atomic mass is 19.4. The quantitative estimate of drug-likeness (QED) is 0.863. The Morgan fingerprint density at radius 1 is 1.36 bits per heavy atom. The molecule has 0 aliphatic heterocycles. The van der Waals surface area contributed by atoms with Gasteiger partial charge in [-0.25, -0.2) is 9.78 Å². The average Bonchev–Trinajstić information content (AvgIpc) is 2.90. The first-order chi connectivity index (χ1) is 11.5. The minimum Gasteiger partial charge on any atom is -0.380 e. The molecule has 2 aromatic rings. The fourth-order valence-electron chi connectivity index (χ4n) is 3.59. The fourth-order valence-corrected chi connectivity index (χ4v) is 3.59. The van der Waals surface area contributed by atoms with Crippen LogP contribution in [0.2, 0.25) is 0 Å². The molecule has 25 heavy (non-hydrogen) atoms. The smallest absolute Gasteiger partial charge is 0.380 e. The highest BCUT2D eigenvalue weighted by molar-refractivity contribution is 5.69. The molecule has 2 heterocycles. The molecule has 0 radical (unpaired) electrons. The largest absolute Gasteiger partial charge is 0.417 e. The Morgan fingerprint density at radius 2 is 2.04 bits per heavy atom. The zero-order chi connectivity index (χ0) is 18.6. The van der Waals surface area contributed by atoms with Crippen molar-refractivity contribution < 1.29 is 18.3 Å². The molecule has 0 bridgehead atoms. The van der Waals surface area contributed by atoms with Gasteiger partial charge in [-0.1, -0.05) is 0 Å². The maximum Gasteiger partial charge on any atom is 0.417 e. The van der Waals surface area contributed by atoms with E-state index in [1.807, 2.05) is 0 Å². The zero-order valence-electron chi connectivity index (χ0n) is 13.9. The third-order valence-electron chi connectivity index (χ3n) is 5.00. The Kier molecular flexibility index (Phi) is 4.05. The maximum atomic E-state index is 13.1. The van der Waals surface area contributed by atoms with Crippen molar-refractivity contribution in [1.82, 2.24) is 18.7 Å². The SMILES string of the molecule is Cn1cnc2c1c(=O)n(C[C@@H]1CCCC(O)(C(F)(F)F)C1)c(=O)n2C. The molecule has 1 N–H and O–H groups in total. The van der Waals surface area contributed by atoms with Crippen LogP contribution in [-0.2, 0) is 20.6 Å². The molecule has 3 rings (SSSR count). The summed E-state index contributed by atoms with van der Waals surface area (Å²) in [5, 5.41) is 9.92. The average molecular weight is 360 g/mol. The van der Waals surface area contributed by atoms with Crippen LogP contribution in [0.5, 0.6) is 0 Å². The van der Waals surface area contributed by atoms with Crippen molar-refractivity contribution >= 4 is 11.2 Å². The van der Waals surface area contributed by atoms with Crippen LogP contribution in [0, 0.1) is 5.92 Å². The highest BCUT2D eigenvalue weighted by Gasteiger charge is 2.55. The number of alkyl halides is 3. The van der Waals surface area contributed by atoms with Gasteiger partial charge in [-0.2, -0.15) is 13.2 Å². The lowest BCUT2D eigenvalue weighted by atomic mass is 9.77. The highest BCUT2D eigenvalue weighted by Crippen LogP contribution is 2.43. The van der Waals surface area contributed by atoms with Crippen molar-refractivity contribution in [3.05, 3.63) is 27.2 Å². The van der Waals surface area contributed by atoms with Crippen molar-refractivity contribution in [1.29, 1.82) is 0 Å². The van der Waals surface area contributed by atoms with Crippen LogP contribution in [0.15, 0.2) is 15.9 Å². The summed E-state index contributed by atoms with van der Waals surface area (Å²) in [5.41, 5.74) is -3.54. The monoisotopic (exact) mass is 360 g/mol. The lowest BCUT2D eigenvalue weighted by Crippen LogP contribution is -2.50. The lowest BCUT2D eigenvalue weighted by Gasteiger charge is -2.38. The summed E-state index contributed by atoms with van der Waals surface area (Å²) >= 11 is 0. The molecule has 138 valence electrons. The van der Waals surface area contributed by atoms with Gasteiger partial charge in [-0.3, -0.25) is 13.9 Å². The summed E-state index contributed by atoms with van der Waals surface area (Å²) in [6.07, 6.45) is -3.61. The third kappa shape index (κ3) is 2.78. The number of hydrogen-bond donors (Lipinski definition) is 1. The van der Waals surface area contributed by atoms with E-state index in [2.05, 4.69) is 4.98 Å². The van der Waals surface area contributed by atoms with Crippen LogP contribution in [0.25, 0.3) is 11.2 Å². The summed E-state index contributed by atoms with van der Waals surface area (Å²) in [6, 6.07) is 0. The van der Waals surface area contributed by atoms with E-state index in [0.29, 0.717) is 6.42 Å². The maximum absolute atomic E-state index is 13.1. The van der Waals surface area contributed by atoms with Crippen LogP contribution in [-0.4, -0.2) is 35.6 Å². The van der Waals surface area contributed by atoms with E-state index < -0.39 is 35.4 Å². The number of aliphatic hydroxyl groups is 1. The standard InChI is InChI=1S/C15H19F3N4O3/c1-20-8-19-11-10(20)12(23)22(13(24)21(11)2)7-9-4-3-5-14(25,6-9)15(16,17)18/h8-9,25H,3-7H2,1-2H3/t9-,14?/m1/s1. The van der Waals surface area contributed by atoms with Crippen molar-refractivity contribution in [2.75, 3.05) is 0 Å². The first kappa shape index (κ1) is 17.7. The van der Waals surface area contributed by atoms with Gasteiger partial charge in [0, 0.05) is 20.6 Å². The summed E-state index contributed by atoms with van der Waals surface area (Å²) in [7, 11) is 3.06. The molecule has 0 aromatic carbocycles. The topological polar surface area (TPSA) is 82.1 Å². The first-order valence-electron chi connectivity index (χ1n) is 7.95. The Hall–Kier alpha value is -2.10. The Morgan fingerprint density at radius 3 is 2.68 bits per heavy atom. The molecule has 0 spiro atoms. The number of nitrogens with zero attached hydrogens (tertiary/aromatic N) is 4. The van der Waals surface area contributed by atoms with E-state index in [9.17, 15) is 27.9 Å². The van der Waals surface area contributed by atoms with Crippen LogP contribution < -0.4 is 11.2 Å². The summed E-state index contributed by atoms with van der Waals surface area (Å²) in [6.45, 7) is -0.162. The Bertz CT molecular complexity index is 927. The van der Waals surface area contributed by atoms with Gasteiger partial charge in [-0.05, 0) is 31.6 Å². The van der Waals surface area contributed by atoms with Crippen LogP contribution in [0.1, 0.15) is 25.7 Å². The van der Waals surface area contributed by atoms with E-state index in [1.165, 1.54) is 22.5 Å². The van der Waals surface area contributed by atoms with Crippen LogP contribution >= 0.6 is 0 Å². The number of halogens is 3. The van der Waals surface area contributed by atoms with Gasteiger partial charge in [0.1, 0.15) is 0 Å². The van der Waals surface area contributed by atoms with Gasteiger partial charge in [0.15, 0.2) is 16.8 Å². The normalized spacial score (nSPS) is 24.8. The molecule has 10 heteroatoms. The van der Waals surface area contributed by atoms with Crippen molar-refractivity contribution in [3.63, 3.8) is 0 Å². The van der Waals surface area contributed by atoms with E-state index in [1.54, 1.807) is 7.05 Å². The predicted octanol–water partition coefficient (Wildman–Crippen LogP) is 0.917. The van der Waals surface area contributed by atoms with Gasteiger partial charge in [0.2, 0.25) is 0 Å². The predicted molar refractivity (Wildman–Crippen MR) is 83.2 cm³/mol. The number of hydrogen-bond acceptors (Lipinski definition) is 4. The van der Waals surface area contributed by atoms with E-state index in [-0.39, 0.29) is 30.6 Å². The molecule has 0 saturated heterocycles. The molecule has 0 amide bonds. The molecule has 7 nitrogen and oxygen atoms in total. The van der Waals surface area contributed by atoms with Gasteiger partial charge >= 0.3 is 11.9 Å². The summed E-state index contributed by atoms with van der Waals surface area (Å²) in [5.74, 6) is -0.614. The second-order valence-electron chi connectivity index (χ2n) is 6.78. The lowest BCUT2D eigenvalue weighted by molar-refractivity contribution is -0.274. The Balaban J connectivity index is 2.00. The number of aromatic nitrogens is 4. The molecule has 1 unspecified atom stereocenters. The minimum absolute atomic E-state index is 0.162. The second-order valence-corrected chi connectivity index (χ2v) is 6.78. The first-order valence-corrected chi connectivity index (χ1v) is 7.95. The van der Waals surface area contributed by atoms with Crippen molar-refractivity contribution in [3.8, 4) is 0 Å². The summed E-state index contributed by atoms with van der Waals surface area (Å²) < 4.78 is 42.9. The Labute approximate surface area is 140 Å². The molecule has 1 fully saturated rings. The molecule has 1 saturated carbocycles. The minimum atomic E-state index is -4.73. The van der Waals surface area contributed by atoms with Crippen molar-refractivity contribution in [2.45, 2.75) is 44.0 Å². The van der Waals surface area contributed by atoms with Crippen LogP contribution in [0.3, 0.4) is 0 Å². The molecule has 1 aliphatic rings. The van der Waals surface area contributed by atoms with E-state index in [4.69, 9.17) is 0 Å². The fraction of sp³-hybridized carbons (Fsp3) is 0.667. The van der Waals surface area contributed by atoms with Gasteiger partial charge in [0.25, 0.3) is 5.56 Å². The number of imidazole rings is 1. The van der Waals surface area contributed by atoms with Gasteiger partial charge in [-0.15, -0.1) is 0 Å². The van der Waals surface area contributed by atoms with Gasteiger partial charge in [0.05, 0.1) is 6.33 Å². The van der Waals surface area contributed by atoms with Crippen molar-refractivity contribution in [2.24, 2.45) is 20.0 Å². The molecular weight excluding hydrogens is 341 g/mol. The van der Waals surface area contributed by atoms with Gasteiger partial charge < -0.3 is 9.67 Å². The summed E-state index contributed by atoms with van der Waals surface area (Å²) in [4.78, 5) is 29.1.